The van der Waals surface area contributed by atoms with Crippen LogP contribution >= 0.6 is 0 Å². The molecule has 2 aromatic carbocycles. The highest BCUT2D eigenvalue weighted by atomic mass is 19.1. The van der Waals surface area contributed by atoms with Crippen molar-refractivity contribution in [3.8, 4) is 5.75 Å². The normalized spacial score (nSPS) is 17.2. The van der Waals surface area contributed by atoms with E-state index in [0.717, 1.165) is 37.4 Å². The molecular formula is C24H28FN3O2. The van der Waals surface area contributed by atoms with E-state index in [2.05, 4.69) is 46.4 Å². The van der Waals surface area contributed by atoms with Crippen LogP contribution in [0.25, 0.3) is 0 Å². The summed E-state index contributed by atoms with van der Waals surface area (Å²) in [5.41, 5.74) is 3.40. The molecule has 1 aliphatic heterocycles. The Hall–Kier alpha value is -2.70. The average Bonchev–Trinajstić information content (AvgIpc) is 3.14. The molecule has 1 aliphatic rings. The lowest BCUT2D eigenvalue weighted by Crippen LogP contribution is -2.39. The largest absolute Gasteiger partial charge is 0.493 e. The molecule has 0 saturated carbocycles. The van der Waals surface area contributed by atoms with E-state index in [1.54, 1.807) is 12.1 Å². The zero-order chi connectivity index (χ0) is 20.8. The van der Waals surface area contributed by atoms with Crippen molar-refractivity contribution < 1.29 is 13.9 Å². The Bertz CT molecular complexity index is 945. The fourth-order valence-electron chi connectivity index (χ4n) is 3.77. The number of halogens is 1. The van der Waals surface area contributed by atoms with Crippen molar-refractivity contribution >= 4 is 0 Å². The van der Waals surface area contributed by atoms with Crippen LogP contribution in [0.5, 0.6) is 5.75 Å². The predicted molar refractivity (Wildman–Crippen MR) is 114 cm³/mol. The number of benzene rings is 2. The summed E-state index contributed by atoms with van der Waals surface area (Å²) in [6, 6.07) is 18.9. The van der Waals surface area contributed by atoms with Gasteiger partial charge in [0.1, 0.15) is 17.7 Å². The SMILES string of the molecule is Cn1nc(C2CN(CCc3ccccc3)CCO2)cc1CCOc1cccc(F)c1. The Morgan fingerprint density at radius 2 is 1.97 bits per heavy atom. The third-order valence-corrected chi connectivity index (χ3v) is 5.46. The quantitative estimate of drug-likeness (QED) is 0.567. The fraction of sp³-hybridized carbons (Fsp3) is 0.375. The highest BCUT2D eigenvalue weighted by molar-refractivity contribution is 5.22. The number of morpholine rings is 1. The summed E-state index contributed by atoms with van der Waals surface area (Å²) in [5.74, 6) is 0.253. The van der Waals surface area contributed by atoms with Crippen molar-refractivity contribution in [3.63, 3.8) is 0 Å². The minimum absolute atomic E-state index is 0.0152. The average molecular weight is 410 g/mol. The molecule has 0 amide bonds. The van der Waals surface area contributed by atoms with Crippen molar-refractivity contribution in [1.29, 1.82) is 0 Å². The Morgan fingerprint density at radius 3 is 2.80 bits per heavy atom. The molecule has 0 N–H and O–H groups in total. The van der Waals surface area contributed by atoms with Crippen LogP contribution in [-0.4, -0.2) is 47.5 Å². The summed E-state index contributed by atoms with van der Waals surface area (Å²) in [5, 5.41) is 4.68. The van der Waals surface area contributed by atoms with Gasteiger partial charge in [-0.2, -0.15) is 5.10 Å². The fourth-order valence-corrected chi connectivity index (χ4v) is 3.77. The number of aryl methyl sites for hydroxylation is 1. The first-order valence-corrected chi connectivity index (χ1v) is 10.5. The van der Waals surface area contributed by atoms with E-state index >= 15 is 0 Å². The molecule has 1 unspecified atom stereocenters. The van der Waals surface area contributed by atoms with Crippen molar-refractivity contribution in [2.75, 3.05) is 32.8 Å². The Labute approximate surface area is 177 Å². The number of hydrogen-bond donors (Lipinski definition) is 0. The van der Waals surface area contributed by atoms with Gasteiger partial charge in [0, 0.05) is 44.9 Å². The second kappa shape index (κ2) is 9.87. The maximum Gasteiger partial charge on any atom is 0.126 e. The lowest BCUT2D eigenvalue weighted by Gasteiger charge is -2.32. The van der Waals surface area contributed by atoms with Crippen LogP contribution in [0.4, 0.5) is 4.39 Å². The van der Waals surface area contributed by atoms with Crippen LogP contribution in [0.15, 0.2) is 60.7 Å². The number of ether oxygens (including phenoxy) is 2. The minimum Gasteiger partial charge on any atom is -0.493 e. The van der Waals surface area contributed by atoms with Crippen LogP contribution in [0.2, 0.25) is 0 Å². The second-order valence-corrected chi connectivity index (χ2v) is 7.64. The van der Waals surface area contributed by atoms with Gasteiger partial charge in [0.05, 0.1) is 18.9 Å². The van der Waals surface area contributed by atoms with Crippen LogP contribution in [-0.2, 0) is 24.6 Å². The molecule has 0 aliphatic carbocycles. The van der Waals surface area contributed by atoms with E-state index in [0.29, 0.717) is 25.4 Å². The van der Waals surface area contributed by atoms with Crippen LogP contribution in [0.1, 0.15) is 23.1 Å². The number of rotatable bonds is 8. The molecule has 1 saturated heterocycles. The molecule has 30 heavy (non-hydrogen) atoms. The van der Waals surface area contributed by atoms with E-state index < -0.39 is 0 Å². The van der Waals surface area contributed by atoms with E-state index in [1.807, 2.05) is 11.7 Å². The first-order valence-electron chi connectivity index (χ1n) is 10.5. The van der Waals surface area contributed by atoms with Gasteiger partial charge in [0.2, 0.25) is 0 Å². The summed E-state index contributed by atoms with van der Waals surface area (Å²) in [6.45, 7) is 4.00. The second-order valence-electron chi connectivity index (χ2n) is 7.64. The number of nitrogens with zero attached hydrogens (tertiary/aromatic N) is 3. The molecule has 1 fully saturated rings. The smallest absolute Gasteiger partial charge is 0.126 e. The van der Waals surface area contributed by atoms with Crippen LogP contribution in [0.3, 0.4) is 0 Å². The van der Waals surface area contributed by atoms with E-state index in [4.69, 9.17) is 9.47 Å². The number of aromatic nitrogens is 2. The van der Waals surface area contributed by atoms with Crippen molar-refractivity contribution in [2.45, 2.75) is 18.9 Å². The Kier molecular flexibility index (Phi) is 6.77. The molecule has 0 radical (unpaired) electrons. The third-order valence-electron chi connectivity index (χ3n) is 5.46. The molecule has 3 aromatic rings. The maximum absolute atomic E-state index is 13.3. The molecule has 158 valence electrons. The monoisotopic (exact) mass is 409 g/mol. The highest BCUT2D eigenvalue weighted by Gasteiger charge is 2.24. The minimum atomic E-state index is -0.290. The molecule has 2 heterocycles. The summed E-state index contributed by atoms with van der Waals surface area (Å²) >= 11 is 0. The van der Waals surface area contributed by atoms with Gasteiger partial charge in [-0.1, -0.05) is 36.4 Å². The van der Waals surface area contributed by atoms with Gasteiger partial charge in [-0.15, -0.1) is 0 Å². The van der Waals surface area contributed by atoms with Gasteiger partial charge in [-0.3, -0.25) is 9.58 Å². The zero-order valence-electron chi connectivity index (χ0n) is 17.3. The molecule has 0 bridgehead atoms. The zero-order valence-corrected chi connectivity index (χ0v) is 17.3. The molecule has 6 heteroatoms. The predicted octanol–water partition coefficient (Wildman–Crippen LogP) is 3.80. The Morgan fingerprint density at radius 1 is 1.10 bits per heavy atom. The summed E-state index contributed by atoms with van der Waals surface area (Å²) in [7, 11) is 1.94. The lowest BCUT2D eigenvalue weighted by atomic mass is 10.1. The highest BCUT2D eigenvalue weighted by Crippen LogP contribution is 2.22. The molecule has 4 rings (SSSR count). The topological polar surface area (TPSA) is 39.5 Å². The molecule has 5 nitrogen and oxygen atoms in total. The van der Waals surface area contributed by atoms with Crippen molar-refractivity contribution in [3.05, 3.63) is 83.4 Å². The first kappa shape index (κ1) is 20.6. The third kappa shape index (κ3) is 5.46. The van der Waals surface area contributed by atoms with Gasteiger partial charge in [-0.05, 0) is 30.2 Å². The Balaban J connectivity index is 1.30. The van der Waals surface area contributed by atoms with Crippen LogP contribution < -0.4 is 4.74 Å². The van der Waals surface area contributed by atoms with E-state index in [1.165, 1.54) is 17.7 Å². The van der Waals surface area contributed by atoms with Gasteiger partial charge >= 0.3 is 0 Å². The van der Waals surface area contributed by atoms with Crippen molar-refractivity contribution in [2.24, 2.45) is 7.05 Å². The van der Waals surface area contributed by atoms with E-state index in [-0.39, 0.29) is 11.9 Å². The lowest BCUT2D eigenvalue weighted by molar-refractivity contribution is -0.0318. The van der Waals surface area contributed by atoms with Gasteiger partial charge < -0.3 is 9.47 Å². The molecule has 0 spiro atoms. The first-order chi connectivity index (χ1) is 14.7. The molecule has 1 aromatic heterocycles. The van der Waals surface area contributed by atoms with Crippen LogP contribution in [0, 0.1) is 5.82 Å². The molecular weight excluding hydrogens is 381 g/mol. The van der Waals surface area contributed by atoms with Crippen molar-refractivity contribution in [1.82, 2.24) is 14.7 Å². The van der Waals surface area contributed by atoms with Gasteiger partial charge in [0.25, 0.3) is 0 Å². The molecule has 1 atom stereocenters. The number of hydrogen-bond acceptors (Lipinski definition) is 4. The van der Waals surface area contributed by atoms with E-state index in [9.17, 15) is 4.39 Å². The van der Waals surface area contributed by atoms with Gasteiger partial charge in [-0.25, -0.2) is 4.39 Å². The maximum atomic E-state index is 13.3. The van der Waals surface area contributed by atoms with Gasteiger partial charge in [0.15, 0.2) is 0 Å². The summed E-state index contributed by atoms with van der Waals surface area (Å²) in [4.78, 5) is 2.45. The summed E-state index contributed by atoms with van der Waals surface area (Å²) < 4.78 is 26.8. The standard InChI is InChI=1S/C24H28FN3O2/c1-27-21(11-14-29-22-9-5-8-20(25)16-22)17-23(26-27)24-18-28(13-15-30-24)12-10-19-6-3-2-4-7-19/h2-9,16-17,24H,10-15,18H2,1H3. The summed E-state index contributed by atoms with van der Waals surface area (Å²) in [6.07, 6.45) is 1.72.